The topological polar surface area (TPSA) is 70.7 Å². The lowest BCUT2D eigenvalue weighted by Gasteiger charge is -2.35. The highest BCUT2D eigenvalue weighted by atomic mass is 19.1. The SMILES string of the molecule is C[C@@H]1c2ccccc2CCN1C(=O)c1cc(C2CC2)n2nc(-c3ccc(CC4CCC[C@H]4CO)cc3F)cc2n1. The summed E-state index contributed by atoms with van der Waals surface area (Å²) in [5.41, 5.74) is 6.39. The van der Waals surface area contributed by atoms with Crippen LogP contribution >= 0.6 is 0 Å². The van der Waals surface area contributed by atoms with Gasteiger partial charge in [-0.25, -0.2) is 13.9 Å². The number of hydrogen-bond donors (Lipinski definition) is 1. The number of aromatic nitrogens is 3. The Hall–Kier alpha value is -3.58. The first-order valence-electron chi connectivity index (χ1n) is 14.7. The van der Waals surface area contributed by atoms with Gasteiger partial charge in [-0.2, -0.15) is 5.10 Å². The second-order valence-electron chi connectivity index (χ2n) is 11.9. The molecule has 7 rings (SSSR count). The summed E-state index contributed by atoms with van der Waals surface area (Å²) in [7, 11) is 0. The Morgan fingerprint density at radius 3 is 2.67 bits per heavy atom. The Morgan fingerprint density at radius 2 is 1.88 bits per heavy atom. The molecule has 1 aliphatic heterocycles. The Labute approximate surface area is 233 Å². The van der Waals surface area contributed by atoms with Crippen molar-refractivity contribution in [2.75, 3.05) is 13.2 Å². The summed E-state index contributed by atoms with van der Waals surface area (Å²) in [5.74, 6) is 0.681. The van der Waals surface area contributed by atoms with Gasteiger partial charge in [-0.05, 0) is 92.2 Å². The van der Waals surface area contributed by atoms with Crippen LogP contribution in [0.5, 0.6) is 0 Å². The molecule has 3 atom stereocenters. The molecule has 0 saturated heterocycles. The van der Waals surface area contributed by atoms with Gasteiger partial charge in [0.05, 0.1) is 11.7 Å². The molecule has 7 heteroatoms. The molecule has 3 aliphatic rings. The zero-order valence-electron chi connectivity index (χ0n) is 22.9. The molecule has 1 amide bonds. The van der Waals surface area contributed by atoms with Gasteiger partial charge in [0.15, 0.2) is 5.65 Å². The molecular formula is C33H35FN4O2. The normalized spacial score (nSPS) is 22.6. The predicted octanol–water partition coefficient (Wildman–Crippen LogP) is 6.12. The van der Waals surface area contributed by atoms with Crippen LogP contribution in [0.25, 0.3) is 16.9 Å². The second kappa shape index (κ2) is 10.1. The van der Waals surface area contributed by atoms with Crippen molar-refractivity contribution < 1.29 is 14.3 Å². The lowest BCUT2D eigenvalue weighted by atomic mass is 9.90. The number of carbonyl (C=O) groups excluding carboxylic acids is 1. The third-order valence-corrected chi connectivity index (χ3v) is 9.38. The molecule has 3 heterocycles. The fourth-order valence-corrected chi connectivity index (χ4v) is 6.92. The van der Waals surface area contributed by atoms with Gasteiger partial charge in [0.25, 0.3) is 5.91 Å². The van der Waals surface area contributed by atoms with Crippen molar-refractivity contribution in [3.05, 3.63) is 88.5 Å². The van der Waals surface area contributed by atoms with E-state index in [1.807, 2.05) is 29.2 Å². The van der Waals surface area contributed by atoms with E-state index in [1.165, 1.54) is 11.1 Å². The molecule has 0 bridgehead atoms. The van der Waals surface area contributed by atoms with Crippen molar-refractivity contribution in [3.8, 4) is 11.3 Å². The molecule has 40 heavy (non-hydrogen) atoms. The Bertz CT molecular complexity index is 1590. The van der Waals surface area contributed by atoms with Gasteiger partial charge < -0.3 is 10.0 Å². The summed E-state index contributed by atoms with van der Waals surface area (Å²) in [4.78, 5) is 20.4. The quantitative estimate of drug-likeness (QED) is 0.321. The highest BCUT2D eigenvalue weighted by Crippen LogP contribution is 2.41. The Balaban J connectivity index is 1.19. The number of aliphatic hydroxyl groups is 1. The first-order valence-corrected chi connectivity index (χ1v) is 14.7. The first-order chi connectivity index (χ1) is 19.5. The van der Waals surface area contributed by atoms with Gasteiger partial charge in [-0.15, -0.1) is 0 Å². The molecule has 2 saturated carbocycles. The van der Waals surface area contributed by atoms with Crippen molar-refractivity contribution >= 4 is 11.6 Å². The molecule has 4 aromatic rings. The number of aliphatic hydroxyl groups excluding tert-OH is 1. The van der Waals surface area contributed by atoms with E-state index in [4.69, 9.17) is 10.1 Å². The van der Waals surface area contributed by atoms with Crippen LogP contribution in [0.4, 0.5) is 4.39 Å². The Kier molecular flexibility index (Phi) is 6.42. The minimum Gasteiger partial charge on any atom is -0.396 e. The van der Waals surface area contributed by atoms with Crippen molar-refractivity contribution in [1.82, 2.24) is 19.5 Å². The standard InChI is InChI=1S/C33H35FN4O2/c1-20-26-8-3-2-5-22(26)13-14-37(20)33(40)30-17-31(23-10-11-23)38-32(35-30)18-29(36-38)27-12-9-21(16-28(27)34)15-24-6-4-7-25(24)19-39/h2-3,5,8-9,12,16-18,20,23-25,39H,4,6-7,10-11,13-15,19H2,1H3/t20-,24?,25+/m1/s1. The molecular weight excluding hydrogens is 503 g/mol. The van der Waals surface area contributed by atoms with Crippen LogP contribution in [0.3, 0.4) is 0 Å². The second-order valence-corrected chi connectivity index (χ2v) is 11.9. The number of benzene rings is 2. The number of rotatable bonds is 6. The van der Waals surface area contributed by atoms with Crippen LogP contribution in [0.15, 0.2) is 54.6 Å². The molecule has 0 radical (unpaired) electrons. The van der Waals surface area contributed by atoms with E-state index in [0.29, 0.717) is 46.9 Å². The third kappa shape index (κ3) is 4.50. The van der Waals surface area contributed by atoms with Crippen LogP contribution in [-0.4, -0.2) is 43.7 Å². The van der Waals surface area contributed by atoms with E-state index >= 15 is 4.39 Å². The number of carbonyl (C=O) groups is 1. The number of nitrogens with zero attached hydrogens (tertiary/aromatic N) is 4. The minimum atomic E-state index is -0.301. The van der Waals surface area contributed by atoms with Gasteiger partial charge in [0.2, 0.25) is 0 Å². The largest absolute Gasteiger partial charge is 0.396 e. The molecule has 1 N–H and O–H groups in total. The van der Waals surface area contributed by atoms with Gasteiger partial charge in [0, 0.05) is 36.4 Å². The fraction of sp³-hybridized carbons (Fsp3) is 0.424. The van der Waals surface area contributed by atoms with Gasteiger partial charge in [-0.3, -0.25) is 4.79 Å². The van der Waals surface area contributed by atoms with Crippen molar-refractivity contribution in [3.63, 3.8) is 0 Å². The van der Waals surface area contributed by atoms with E-state index in [2.05, 4.69) is 25.1 Å². The average molecular weight is 539 g/mol. The van der Waals surface area contributed by atoms with E-state index < -0.39 is 0 Å². The molecule has 206 valence electrons. The summed E-state index contributed by atoms with van der Waals surface area (Å²) in [6.45, 7) is 2.94. The zero-order valence-corrected chi connectivity index (χ0v) is 22.9. The summed E-state index contributed by atoms with van der Waals surface area (Å²) >= 11 is 0. The summed E-state index contributed by atoms with van der Waals surface area (Å²) in [5, 5.41) is 14.4. The van der Waals surface area contributed by atoms with Crippen LogP contribution in [0.2, 0.25) is 0 Å². The minimum absolute atomic E-state index is 0.0233. The zero-order chi connectivity index (χ0) is 27.4. The van der Waals surface area contributed by atoms with Gasteiger partial charge in [0.1, 0.15) is 11.5 Å². The van der Waals surface area contributed by atoms with E-state index in [0.717, 1.165) is 56.2 Å². The molecule has 1 unspecified atom stereocenters. The van der Waals surface area contributed by atoms with Crippen molar-refractivity contribution in [1.29, 1.82) is 0 Å². The number of halogens is 1. The molecule has 2 fully saturated rings. The molecule has 0 spiro atoms. The predicted molar refractivity (Wildman–Crippen MR) is 152 cm³/mol. The molecule has 2 aromatic carbocycles. The van der Waals surface area contributed by atoms with Crippen LogP contribution in [0, 0.1) is 17.7 Å². The summed E-state index contributed by atoms with van der Waals surface area (Å²) in [6, 6.07) is 17.4. The van der Waals surface area contributed by atoms with Crippen LogP contribution < -0.4 is 0 Å². The fourth-order valence-electron chi connectivity index (χ4n) is 6.92. The lowest BCUT2D eigenvalue weighted by Crippen LogP contribution is -2.39. The average Bonchev–Trinajstić information content (AvgIpc) is 3.57. The number of fused-ring (bicyclic) bond motifs is 2. The summed E-state index contributed by atoms with van der Waals surface area (Å²) in [6.07, 6.45) is 6.98. The van der Waals surface area contributed by atoms with E-state index in [-0.39, 0.29) is 24.4 Å². The van der Waals surface area contributed by atoms with Crippen molar-refractivity contribution in [2.45, 2.75) is 63.8 Å². The highest BCUT2D eigenvalue weighted by molar-refractivity contribution is 5.93. The first kappa shape index (κ1) is 25.4. The Morgan fingerprint density at radius 1 is 1.05 bits per heavy atom. The molecule has 6 nitrogen and oxygen atoms in total. The van der Waals surface area contributed by atoms with Crippen molar-refractivity contribution in [2.24, 2.45) is 11.8 Å². The van der Waals surface area contributed by atoms with Crippen LogP contribution in [0.1, 0.15) is 83.9 Å². The lowest BCUT2D eigenvalue weighted by molar-refractivity contribution is 0.0671. The van der Waals surface area contributed by atoms with Crippen LogP contribution in [-0.2, 0) is 12.8 Å². The van der Waals surface area contributed by atoms with Gasteiger partial charge >= 0.3 is 0 Å². The maximum Gasteiger partial charge on any atom is 0.273 e. The maximum atomic E-state index is 15.4. The smallest absolute Gasteiger partial charge is 0.273 e. The highest BCUT2D eigenvalue weighted by Gasteiger charge is 2.33. The molecule has 2 aliphatic carbocycles. The van der Waals surface area contributed by atoms with Gasteiger partial charge in [-0.1, -0.05) is 36.8 Å². The van der Waals surface area contributed by atoms with E-state index in [1.54, 1.807) is 16.6 Å². The van der Waals surface area contributed by atoms with E-state index in [9.17, 15) is 9.90 Å². The summed E-state index contributed by atoms with van der Waals surface area (Å²) < 4.78 is 17.2. The monoisotopic (exact) mass is 538 g/mol. The number of hydrogen-bond acceptors (Lipinski definition) is 4. The maximum absolute atomic E-state index is 15.4. The molecule has 2 aromatic heterocycles. The third-order valence-electron chi connectivity index (χ3n) is 9.38. The number of amides is 1.